The Bertz CT molecular complexity index is 582. The van der Waals surface area contributed by atoms with Crippen molar-refractivity contribution in [3.8, 4) is 0 Å². The molecule has 1 heterocycles. The van der Waals surface area contributed by atoms with E-state index in [0.717, 1.165) is 29.5 Å². The number of anilines is 1. The second-order valence-electron chi connectivity index (χ2n) is 6.05. The van der Waals surface area contributed by atoms with Crippen molar-refractivity contribution in [2.75, 3.05) is 18.4 Å². The van der Waals surface area contributed by atoms with Gasteiger partial charge in [0.2, 0.25) is 5.91 Å². The van der Waals surface area contributed by atoms with E-state index >= 15 is 0 Å². The Morgan fingerprint density at radius 3 is 2.73 bits per heavy atom. The second kappa shape index (κ2) is 7.01. The lowest BCUT2D eigenvalue weighted by Crippen LogP contribution is -2.29. The van der Waals surface area contributed by atoms with Gasteiger partial charge in [0.15, 0.2) is 0 Å². The highest BCUT2D eigenvalue weighted by Gasteiger charge is 2.21. The van der Waals surface area contributed by atoms with Gasteiger partial charge >= 0.3 is 0 Å². The van der Waals surface area contributed by atoms with Crippen LogP contribution in [0.4, 0.5) is 5.69 Å². The minimum Gasteiger partial charge on any atom is -0.358 e. The smallest absolute Gasteiger partial charge is 0.237 e. The summed E-state index contributed by atoms with van der Waals surface area (Å²) in [7, 11) is 0. The van der Waals surface area contributed by atoms with Gasteiger partial charge in [-0.25, -0.2) is 0 Å². The highest BCUT2D eigenvalue weighted by atomic mass is 32.2. The van der Waals surface area contributed by atoms with E-state index in [1.54, 1.807) is 0 Å². The number of likely N-dealkylation sites (tertiary alicyclic amines) is 1. The van der Waals surface area contributed by atoms with Crippen molar-refractivity contribution in [2.24, 2.45) is 0 Å². The zero-order valence-corrected chi connectivity index (χ0v) is 14.6. The number of rotatable bonds is 3. The quantitative estimate of drug-likeness (QED) is 0.856. The molecule has 1 amide bonds. The molecule has 2 aliphatic rings. The number of thiocarbonyl (C=S) groups is 1. The first-order chi connectivity index (χ1) is 10.6. The van der Waals surface area contributed by atoms with Crippen LogP contribution in [0, 0.1) is 0 Å². The summed E-state index contributed by atoms with van der Waals surface area (Å²) in [6, 6.07) is 6.28. The Hall–Kier alpha value is -1.07. The lowest BCUT2D eigenvalue weighted by molar-refractivity contribution is -0.115. The van der Waals surface area contributed by atoms with Crippen molar-refractivity contribution in [1.82, 2.24) is 4.90 Å². The van der Waals surface area contributed by atoms with Gasteiger partial charge in [-0.15, -0.1) is 0 Å². The van der Waals surface area contributed by atoms with E-state index < -0.39 is 0 Å². The van der Waals surface area contributed by atoms with Crippen LogP contribution in [0.1, 0.15) is 37.3 Å². The molecule has 1 saturated heterocycles. The minimum absolute atomic E-state index is 0.0319. The van der Waals surface area contributed by atoms with E-state index in [4.69, 9.17) is 12.2 Å². The Morgan fingerprint density at radius 2 is 1.95 bits per heavy atom. The van der Waals surface area contributed by atoms with Gasteiger partial charge in [0.1, 0.15) is 4.32 Å². The highest BCUT2D eigenvalue weighted by Crippen LogP contribution is 2.26. The zero-order chi connectivity index (χ0) is 15.5. The SMILES string of the molecule is C[C@H](SC(=S)N1CCCC1)C(=O)Nc1ccc2c(c1)CCC2. The monoisotopic (exact) mass is 334 g/mol. The number of nitrogens with zero attached hydrogens (tertiary/aromatic N) is 1. The fourth-order valence-corrected chi connectivity index (χ4v) is 4.49. The van der Waals surface area contributed by atoms with Crippen LogP contribution in [0.2, 0.25) is 0 Å². The molecule has 3 rings (SSSR count). The van der Waals surface area contributed by atoms with Crippen LogP contribution in [0.15, 0.2) is 18.2 Å². The van der Waals surface area contributed by atoms with Crippen LogP contribution in [0.5, 0.6) is 0 Å². The molecule has 0 radical (unpaired) electrons. The second-order valence-corrected chi connectivity index (χ2v) is 8.02. The molecule has 1 aromatic rings. The molecule has 0 spiro atoms. The van der Waals surface area contributed by atoms with E-state index in [1.807, 2.05) is 13.0 Å². The topological polar surface area (TPSA) is 32.3 Å². The summed E-state index contributed by atoms with van der Waals surface area (Å²) in [5, 5.41) is 2.86. The fourth-order valence-electron chi connectivity index (χ4n) is 3.07. The number of nitrogens with one attached hydrogen (secondary N) is 1. The molecular weight excluding hydrogens is 312 g/mol. The van der Waals surface area contributed by atoms with Crippen molar-refractivity contribution in [3.63, 3.8) is 0 Å². The van der Waals surface area contributed by atoms with Crippen LogP contribution in [0.3, 0.4) is 0 Å². The Labute approximate surface area is 141 Å². The maximum absolute atomic E-state index is 12.4. The molecule has 1 aliphatic carbocycles. The molecule has 1 fully saturated rings. The average molecular weight is 335 g/mol. The summed E-state index contributed by atoms with van der Waals surface area (Å²) in [6.45, 7) is 3.99. The molecular formula is C17H22N2OS2. The number of thioether (sulfide) groups is 1. The Kier molecular flexibility index (Phi) is 5.03. The zero-order valence-electron chi connectivity index (χ0n) is 12.9. The number of carbonyl (C=O) groups is 1. The maximum atomic E-state index is 12.4. The number of carbonyl (C=O) groups excluding carboxylic acids is 1. The first-order valence-electron chi connectivity index (χ1n) is 8.02. The van der Waals surface area contributed by atoms with Crippen molar-refractivity contribution in [2.45, 2.75) is 44.3 Å². The van der Waals surface area contributed by atoms with E-state index in [9.17, 15) is 4.79 Å². The summed E-state index contributed by atoms with van der Waals surface area (Å²) < 4.78 is 0.856. The fraction of sp³-hybridized carbons (Fsp3) is 0.529. The molecule has 1 atom stereocenters. The summed E-state index contributed by atoms with van der Waals surface area (Å²) in [6.07, 6.45) is 5.93. The van der Waals surface area contributed by atoms with Gasteiger partial charge in [-0.05, 0) is 62.3 Å². The van der Waals surface area contributed by atoms with E-state index in [2.05, 4.69) is 22.3 Å². The number of aryl methyl sites for hydroxylation is 2. The summed E-state index contributed by atoms with van der Waals surface area (Å²) >= 11 is 6.94. The Morgan fingerprint density at radius 1 is 1.23 bits per heavy atom. The number of fused-ring (bicyclic) bond motifs is 1. The lowest BCUT2D eigenvalue weighted by atomic mass is 10.1. The van der Waals surface area contributed by atoms with E-state index in [1.165, 1.54) is 48.6 Å². The Balaban J connectivity index is 1.55. The van der Waals surface area contributed by atoms with Crippen molar-refractivity contribution in [3.05, 3.63) is 29.3 Å². The summed E-state index contributed by atoms with van der Waals surface area (Å²) in [5.74, 6) is 0.0319. The van der Waals surface area contributed by atoms with Gasteiger partial charge in [-0.2, -0.15) is 0 Å². The number of amides is 1. The minimum atomic E-state index is -0.165. The lowest BCUT2D eigenvalue weighted by Gasteiger charge is -2.20. The third kappa shape index (κ3) is 3.63. The van der Waals surface area contributed by atoms with Gasteiger partial charge in [-0.3, -0.25) is 4.79 Å². The normalized spacial score (nSPS) is 18.1. The first kappa shape index (κ1) is 15.8. The first-order valence-corrected chi connectivity index (χ1v) is 9.30. The molecule has 118 valence electrons. The van der Waals surface area contributed by atoms with Gasteiger partial charge in [0.05, 0.1) is 5.25 Å². The molecule has 0 aromatic heterocycles. The van der Waals surface area contributed by atoms with Gasteiger partial charge in [-0.1, -0.05) is 30.0 Å². The largest absolute Gasteiger partial charge is 0.358 e. The number of hydrogen-bond acceptors (Lipinski definition) is 3. The van der Waals surface area contributed by atoms with Crippen LogP contribution in [-0.4, -0.2) is 33.5 Å². The molecule has 1 N–H and O–H groups in total. The molecule has 3 nitrogen and oxygen atoms in total. The van der Waals surface area contributed by atoms with Crippen molar-refractivity contribution in [1.29, 1.82) is 0 Å². The van der Waals surface area contributed by atoms with Crippen LogP contribution in [0.25, 0.3) is 0 Å². The predicted molar refractivity (Wildman–Crippen MR) is 97.6 cm³/mol. The van der Waals surface area contributed by atoms with Crippen molar-refractivity contribution >= 4 is 39.9 Å². The van der Waals surface area contributed by atoms with Crippen LogP contribution in [-0.2, 0) is 17.6 Å². The average Bonchev–Trinajstić information content (AvgIpc) is 3.18. The highest BCUT2D eigenvalue weighted by molar-refractivity contribution is 8.23. The molecule has 0 unspecified atom stereocenters. The third-order valence-electron chi connectivity index (χ3n) is 4.38. The van der Waals surface area contributed by atoms with E-state index in [-0.39, 0.29) is 11.2 Å². The molecule has 5 heteroatoms. The standard InChI is InChI=1S/C17H22N2OS2/c1-12(22-17(21)19-9-2-3-10-19)16(20)18-15-8-7-13-5-4-6-14(13)11-15/h7-8,11-12H,2-6,9-10H2,1H3,(H,18,20)/t12-/m0/s1. The van der Waals surface area contributed by atoms with Gasteiger partial charge < -0.3 is 10.2 Å². The van der Waals surface area contributed by atoms with E-state index in [0.29, 0.717) is 0 Å². The van der Waals surface area contributed by atoms with Gasteiger partial charge in [0.25, 0.3) is 0 Å². The van der Waals surface area contributed by atoms with Crippen LogP contribution >= 0.6 is 24.0 Å². The predicted octanol–water partition coefficient (Wildman–Crippen LogP) is 3.62. The number of hydrogen-bond donors (Lipinski definition) is 1. The van der Waals surface area contributed by atoms with Crippen molar-refractivity contribution < 1.29 is 4.79 Å². The number of benzene rings is 1. The third-order valence-corrected chi connectivity index (χ3v) is 5.95. The van der Waals surface area contributed by atoms with Gasteiger partial charge in [0, 0.05) is 18.8 Å². The molecule has 0 saturated carbocycles. The molecule has 0 bridgehead atoms. The molecule has 1 aromatic carbocycles. The van der Waals surface area contributed by atoms with Crippen LogP contribution < -0.4 is 5.32 Å². The molecule has 1 aliphatic heterocycles. The summed E-state index contributed by atoms with van der Waals surface area (Å²) in [5.41, 5.74) is 3.71. The summed E-state index contributed by atoms with van der Waals surface area (Å²) in [4.78, 5) is 14.6. The molecule has 22 heavy (non-hydrogen) atoms. The maximum Gasteiger partial charge on any atom is 0.237 e.